The number of carbonyl (C=O) groups is 2. The molecule has 4 heteroatoms. The van der Waals surface area contributed by atoms with Crippen LogP contribution in [0.25, 0.3) is 0 Å². The monoisotopic (exact) mass is 380 g/mol. The fourth-order valence-corrected chi connectivity index (χ4v) is 2.01. The summed E-state index contributed by atoms with van der Waals surface area (Å²) in [6.07, 6.45) is 0. The van der Waals surface area contributed by atoms with Crippen molar-refractivity contribution >= 4 is 34.2 Å². The zero-order valence-electron chi connectivity index (χ0n) is 10.9. The Kier molecular flexibility index (Phi) is 4.89. The summed E-state index contributed by atoms with van der Waals surface area (Å²) in [5.74, 6) is 0.512. The van der Waals surface area contributed by atoms with Crippen molar-refractivity contribution in [1.29, 1.82) is 0 Å². The van der Waals surface area contributed by atoms with Gasteiger partial charge in [0.25, 0.3) is 0 Å². The van der Waals surface area contributed by atoms with E-state index in [1.165, 1.54) is 6.92 Å². The van der Waals surface area contributed by atoms with E-state index in [0.29, 0.717) is 16.9 Å². The number of carbonyl (C=O) groups excluding carboxylic acids is 2. The fraction of sp³-hybridized carbons (Fsp3) is 0.125. The largest absolute Gasteiger partial charge is 0.485 e. The van der Waals surface area contributed by atoms with Crippen LogP contribution in [0.4, 0.5) is 0 Å². The predicted molar refractivity (Wildman–Crippen MR) is 85.4 cm³/mol. The third kappa shape index (κ3) is 3.90. The van der Waals surface area contributed by atoms with E-state index in [-0.39, 0.29) is 18.2 Å². The molecule has 0 aliphatic rings. The second kappa shape index (κ2) is 6.65. The van der Waals surface area contributed by atoms with Gasteiger partial charge in [-0.05, 0) is 65.9 Å². The van der Waals surface area contributed by atoms with Gasteiger partial charge in [-0.2, -0.15) is 0 Å². The molecule has 0 N–H and O–H groups in total. The lowest BCUT2D eigenvalue weighted by Crippen LogP contribution is -2.11. The fourth-order valence-electron chi connectivity index (χ4n) is 1.65. The van der Waals surface area contributed by atoms with Crippen LogP contribution in [0.5, 0.6) is 5.75 Å². The Labute approximate surface area is 131 Å². The molecule has 0 aliphatic carbocycles. The number of halogens is 1. The average molecular weight is 380 g/mol. The van der Waals surface area contributed by atoms with Crippen LogP contribution in [-0.4, -0.2) is 18.2 Å². The van der Waals surface area contributed by atoms with E-state index in [0.717, 1.165) is 3.57 Å². The molecule has 0 radical (unpaired) electrons. The van der Waals surface area contributed by atoms with Gasteiger partial charge < -0.3 is 4.74 Å². The first kappa shape index (κ1) is 14.7. The average Bonchev–Trinajstić information content (AvgIpc) is 2.46. The van der Waals surface area contributed by atoms with E-state index in [2.05, 4.69) is 22.6 Å². The first-order valence-corrected chi connectivity index (χ1v) is 7.17. The molecule has 0 atom stereocenters. The van der Waals surface area contributed by atoms with E-state index in [1.807, 2.05) is 12.1 Å². The van der Waals surface area contributed by atoms with Crippen molar-refractivity contribution in [3.63, 3.8) is 0 Å². The number of rotatable bonds is 5. The zero-order valence-corrected chi connectivity index (χ0v) is 13.1. The van der Waals surface area contributed by atoms with Crippen molar-refractivity contribution in [3.05, 3.63) is 63.2 Å². The Balaban J connectivity index is 1.96. The van der Waals surface area contributed by atoms with Crippen molar-refractivity contribution in [2.24, 2.45) is 0 Å². The van der Waals surface area contributed by atoms with Gasteiger partial charge in [-0.15, -0.1) is 0 Å². The third-order valence-corrected chi connectivity index (χ3v) is 3.52. The zero-order chi connectivity index (χ0) is 14.5. The van der Waals surface area contributed by atoms with Crippen molar-refractivity contribution in [3.8, 4) is 5.75 Å². The van der Waals surface area contributed by atoms with Gasteiger partial charge >= 0.3 is 0 Å². The van der Waals surface area contributed by atoms with Crippen LogP contribution in [0, 0.1) is 3.57 Å². The second-order valence-electron chi connectivity index (χ2n) is 4.30. The number of ether oxygens (including phenoxy) is 1. The van der Waals surface area contributed by atoms with E-state index in [9.17, 15) is 9.59 Å². The summed E-state index contributed by atoms with van der Waals surface area (Å²) in [4.78, 5) is 23.1. The molecule has 2 rings (SSSR count). The minimum atomic E-state index is -0.0722. The Morgan fingerprint density at radius 2 is 1.50 bits per heavy atom. The molecule has 0 saturated heterocycles. The molecule has 0 spiro atoms. The molecule has 0 heterocycles. The molecule has 0 aromatic heterocycles. The minimum Gasteiger partial charge on any atom is -0.485 e. The molecule has 0 amide bonds. The van der Waals surface area contributed by atoms with Crippen LogP contribution in [-0.2, 0) is 0 Å². The predicted octanol–water partition coefficient (Wildman–Crippen LogP) is 3.76. The summed E-state index contributed by atoms with van der Waals surface area (Å²) in [5.41, 5.74) is 1.26. The van der Waals surface area contributed by atoms with Crippen LogP contribution >= 0.6 is 22.6 Å². The maximum absolute atomic E-state index is 11.9. The molecule has 2 aromatic rings. The van der Waals surface area contributed by atoms with Crippen LogP contribution < -0.4 is 4.74 Å². The molecule has 2 aromatic carbocycles. The van der Waals surface area contributed by atoms with E-state index in [4.69, 9.17) is 4.74 Å². The van der Waals surface area contributed by atoms with E-state index < -0.39 is 0 Å². The molecule has 0 bridgehead atoms. The van der Waals surface area contributed by atoms with Crippen LogP contribution in [0.1, 0.15) is 27.6 Å². The lowest BCUT2D eigenvalue weighted by molar-refractivity contribution is 0.0920. The van der Waals surface area contributed by atoms with Crippen molar-refractivity contribution in [1.82, 2.24) is 0 Å². The summed E-state index contributed by atoms with van der Waals surface area (Å²) < 4.78 is 6.51. The molecule has 0 aliphatic heterocycles. The lowest BCUT2D eigenvalue weighted by atomic mass is 10.1. The Morgan fingerprint density at radius 1 is 0.950 bits per heavy atom. The highest BCUT2D eigenvalue weighted by Gasteiger charge is 2.07. The van der Waals surface area contributed by atoms with Gasteiger partial charge in [-0.1, -0.05) is 12.1 Å². The third-order valence-electron chi connectivity index (χ3n) is 2.80. The lowest BCUT2D eigenvalue weighted by Gasteiger charge is -2.06. The first-order valence-electron chi connectivity index (χ1n) is 6.09. The van der Waals surface area contributed by atoms with Gasteiger partial charge in [-0.25, -0.2) is 0 Å². The number of Topliss-reactive ketones (excluding diaryl/α,β-unsaturated/α-hetero) is 2. The summed E-state index contributed by atoms with van der Waals surface area (Å²) in [5, 5.41) is 0. The summed E-state index contributed by atoms with van der Waals surface area (Å²) in [7, 11) is 0. The van der Waals surface area contributed by atoms with E-state index in [1.54, 1.807) is 36.4 Å². The van der Waals surface area contributed by atoms with Gasteiger partial charge in [0.1, 0.15) is 5.75 Å². The number of hydrogen-bond acceptors (Lipinski definition) is 3. The number of hydrogen-bond donors (Lipinski definition) is 0. The molecule has 0 fully saturated rings. The van der Waals surface area contributed by atoms with Crippen molar-refractivity contribution < 1.29 is 14.3 Å². The second-order valence-corrected chi connectivity index (χ2v) is 5.54. The standard InChI is InChI=1S/C16H13IO3/c1-11(18)12-4-8-15(9-5-12)20-10-16(19)13-2-6-14(17)7-3-13/h2-9H,10H2,1H3. The first-order chi connectivity index (χ1) is 9.56. The maximum atomic E-state index is 11.9. The highest BCUT2D eigenvalue weighted by atomic mass is 127. The van der Waals surface area contributed by atoms with Gasteiger partial charge in [0.05, 0.1) is 0 Å². The molecule has 0 saturated carbocycles. The SMILES string of the molecule is CC(=O)c1ccc(OCC(=O)c2ccc(I)cc2)cc1. The number of ketones is 2. The highest BCUT2D eigenvalue weighted by molar-refractivity contribution is 14.1. The summed E-state index contributed by atoms with van der Waals surface area (Å²) in [6.45, 7) is 1.50. The molecular weight excluding hydrogens is 367 g/mol. The minimum absolute atomic E-state index is 0.00603. The number of benzene rings is 2. The molecule has 0 unspecified atom stereocenters. The van der Waals surface area contributed by atoms with Crippen LogP contribution in [0.3, 0.4) is 0 Å². The summed E-state index contributed by atoms with van der Waals surface area (Å²) >= 11 is 2.19. The van der Waals surface area contributed by atoms with Crippen LogP contribution in [0.15, 0.2) is 48.5 Å². The van der Waals surface area contributed by atoms with Crippen molar-refractivity contribution in [2.75, 3.05) is 6.61 Å². The smallest absolute Gasteiger partial charge is 0.200 e. The summed E-state index contributed by atoms with van der Waals surface area (Å²) in [6, 6.07) is 14.1. The van der Waals surface area contributed by atoms with Gasteiger partial charge in [0.15, 0.2) is 18.2 Å². The molecule has 3 nitrogen and oxygen atoms in total. The van der Waals surface area contributed by atoms with Gasteiger partial charge in [0, 0.05) is 14.7 Å². The van der Waals surface area contributed by atoms with Gasteiger partial charge in [0.2, 0.25) is 0 Å². The highest BCUT2D eigenvalue weighted by Crippen LogP contribution is 2.13. The quantitative estimate of drug-likeness (QED) is 0.586. The van der Waals surface area contributed by atoms with Gasteiger partial charge in [-0.3, -0.25) is 9.59 Å². The molecule has 102 valence electrons. The van der Waals surface area contributed by atoms with Crippen LogP contribution in [0.2, 0.25) is 0 Å². The van der Waals surface area contributed by atoms with E-state index >= 15 is 0 Å². The Hall–Kier alpha value is -1.69. The topological polar surface area (TPSA) is 43.4 Å². The molecule has 20 heavy (non-hydrogen) atoms. The maximum Gasteiger partial charge on any atom is 0.200 e. The Morgan fingerprint density at radius 3 is 2.05 bits per heavy atom. The Bertz CT molecular complexity index is 615. The molecular formula is C16H13IO3. The van der Waals surface area contributed by atoms with Crippen molar-refractivity contribution in [2.45, 2.75) is 6.92 Å². The normalized spacial score (nSPS) is 10.1.